The highest BCUT2D eigenvalue weighted by molar-refractivity contribution is 5.93. The maximum atomic E-state index is 12.4. The van der Waals surface area contributed by atoms with Crippen LogP contribution in [-0.2, 0) is 15.1 Å². The number of hydrogen-bond donors (Lipinski definition) is 3. The highest BCUT2D eigenvalue weighted by Crippen LogP contribution is 2.28. The van der Waals surface area contributed by atoms with Crippen molar-refractivity contribution in [2.24, 2.45) is 5.73 Å². The molecule has 0 unspecified atom stereocenters. The fourth-order valence-electron chi connectivity index (χ4n) is 2.72. The average molecular weight is 432 g/mol. The van der Waals surface area contributed by atoms with Crippen LogP contribution in [0, 0.1) is 11.8 Å². The monoisotopic (exact) mass is 432 g/mol. The second kappa shape index (κ2) is 8.71. The van der Waals surface area contributed by atoms with Crippen molar-refractivity contribution in [3.63, 3.8) is 0 Å². The number of aromatic amines is 1. The standard InChI is InChI=1S/C20H19F3N6O2/c1-19(24,18(30)28-11-20(21,22)23)16-10-25-9-15(29-16)14-8-27-17-13(14)6-12(7-26-17)4-3-5-31-2/h6-10H,5,11,24H2,1-2H3,(H,26,27)(H,28,30)/t19-/m0/s1. The van der Waals surface area contributed by atoms with Gasteiger partial charge in [0.05, 0.1) is 23.8 Å². The van der Waals surface area contributed by atoms with E-state index in [2.05, 4.69) is 31.8 Å². The van der Waals surface area contributed by atoms with Gasteiger partial charge in [-0.25, -0.2) is 9.97 Å². The van der Waals surface area contributed by atoms with E-state index in [4.69, 9.17) is 10.5 Å². The van der Waals surface area contributed by atoms with E-state index < -0.39 is 24.2 Å². The first-order chi connectivity index (χ1) is 14.6. The van der Waals surface area contributed by atoms with Gasteiger partial charge in [0.15, 0.2) is 0 Å². The normalized spacial score (nSPS) is 13.4. The molecule has 3 aromatic heterocycles. The number of pyridine rings is 1. The van der Waals surface area contributed by atoms with Crippen molar-refractivity contribution in [1.82, 2.24) is 25.3 Å². The molecule has 0 aromatic carbocycles. The van der Waals surface area contributed by atoms with Crippen LogP contribution >= 0.6 is 0 Å². The molecule has 0 radical (unpaired) electrons. The van der Waals surface area contributed by atoms with Crippen molar-refractivity contribution in [3.05, 3.63) is 42.1 Å². The molecule has 0 spiro atoms. The number of ether oxygens (including phenoxy) is 1. The minimum absolute atomic E-state index is 0.0167. The molecular weight excluding hydrogens is 413 g/mol. The zero-order chi connectivity index (χ0) is 22.6. The number of H-pyrrole nitrogens is 1. The highest BCUT2D eigenvalue weighted by Gasteiger charge is 2.36. The molecule has 0 saturated carbocycles. The van der Waals surface area contributed by atoms with Crippen LogP contribution in [0.3, 0.4) is 0 Å². The third-order valence-electron chi connectivity index (χ3n) is 4.34. The number of carbonyl (C=O) groups excluding carboxylic acids is 1. The van der Waals surface area contributed by atoms with Crippen molar-refractivity contribution in [2.75, 3.05) is 20.3 Å². The number of nitrogens with zero attached hydrogens (tertiary/aromatic N) is 3. The summed E-state index contributed by atoms with van der Waals surface area (Å²) in [4.78, 5) is 28.0. The molecule has 3 rings (SSSR count). The van der Waals surface area contributed by atoms with Crippen LogP contribution in [0.2, 0.25) is 0 Å². The van der Waals surface area contributed by atoms with E-state index in [9.17, 15) is 18.0 Å². The Hall–Kier alpha value is -3.49. The van der Waals surface area contributed by atoms with Gasteiger partial charge in [0.25, 0.3) is 0 Å². The van der Waals surface area contributed by atoms with E-state index in [0.717, 1.165) is 0 Å². The van der Waals surface area contributed by atoms with Crippen LogP contribution in [0.4, 0.5) is 13.2 Å². The minimum Gasteiger partial charge on any atom is -0.372 e. The summed E-state index contributed by atoms with van der Waals surface area (Å²) in [7, 11) is 1.54. The van der Waals surface area contributed by atoms with Crippen LogP contribution in [0.5, 0.6) is 0 Å². The van der Waals surface area contributed by atoms with E-state index >= 15 is 0 Å². The lowest BCUT2D eigenvalue weighted by atomic mass is 9.98. The molecule has 11 heteroatoms. The Morgan fingerprint density at radius 3 is 2.81 bits per heavy atom. The third-order valence-corrected chi connectivity index (χ3v) is 4.34. The van der Waals surface area contributed by atoms with Gasteiger partial charge in [-0.3, -0.25) is 9.78 Å². The molecule has 1 amide bonds. The van der Waals surface area contributed by atoms with Gasteiger partial charge in [-0.15, -0.1) is 0 Å². The van der Waals surface area contributed by atoms with Crippen molar-refractivity contribution in [3.8, 4) is 23.1 Å². The number of aromatic nitrogens is 4. The summed E-state index contributed by atoms with van der Waals surface area (Å²) in [5, 5.41) is 2.48. The average Bonchev–Trinajstić information content (AvgIpc) is 3.15. The number of hydrogen-bond acceptors (Lipinski definition) is 6. The molecule has 4 N–H and O–H groups in total. The first-order valence-electron chi connectivity index (χ1n) is 9.03. The fraction of sp³-hybridized carbons (Fsp3) is 0.300. The van der Waals surface area contributed by atoms with Gasteiger partial charge in [-0.1, -0.05) is 11.8 Å². The summed E-state index contributed by atoms with van der Waals surface area (Å²) < 4.78 is 42.2. The smallest absolute Gasteiger partial charge is 0.372 e. The molecule has 0 fully saturated rings. The Labute approximate surface area is 175 Å². The zero-order valence-corrected chi connectivity index (χ0v) is 16.7. The van der Waals surface area contributed by atoms with Gasteiger partial charge >= 0.3 is 6.18 Å². The van der Waals surface area contributed by atoms with Crippen LogP contribution in [0.1, 0.15) is 18.2 Å². The second-order valence-corrected chi connectivity index (χ2v) is 6.85. The lowest BCUT2D eigenvalue weighted by Gasteiger charge is -2.23. The predicted octanol–water partition coefficient (Wildman–Crippen LogP) is 1.87. The van der Waals surface area contributed by atoms with Gasteiger partial charge in [0.1, 0.15) is 24.3 Å². The highest BCUT2D eigenvalue weighted by atomic mass is 19.4. The van der Waals surface area contributed by atoms with Gasteiger partial charge in [-0.05, 0) is 13.0 Å². The first-order valence-corrected chi connectivity index (χ1v) is 9.03. The van der Waals surface area contributed by atoms with Gasteiger partial charge < -0.3 is 20.8 Å². The van der Waals surface area contributed by atoms with Gasteiger partial charge in [-0.2, -0.15) is 13.2 Å². The molecule has 0 aliphatic rings. The molecule has 3 aromatic rings. The SMILES string of the molecule is COCC#Cc1cnc2[nH]cc(-c3cncc([C@](C)(N)C(=O)NCC(F)(F)F)n3)c2c1. The Morgan fingerprint density at radius 2 is 2.10 bits per heavy atom. The summed E-state index contributed by atoms with van der Waals surface area (Å²) in [5.41, 5.74) is 6.43. The van der Waals surface area contributed by atoms with Crippen LogP contribution < -0.4 is 11.1 Å². The molecule has 0 bridgehead atoms. The largest absolute Gasteiger partial charge is 0.405 e. The Balaban J connectivity index is 1.94. The maximum Gasteiger partial charge on any atom is 0.405 e. The summed E-state index contributed by atoms with van der Waals surface area (Å²) in [6.07, 6.45) is 1.41. The Kier molecular flexibility index (Phi) is 6.24. The number of fused-ring (bicyclic) bond motifs is 1. The molecular formula is C20H19F3N6O2. The Morgan fingerprint density at radius 1 is 1.32 bits per heavy atom. The molecule has 31 heavy (non-hydrogen) atoms. The van der Waals surface area contributed by atoms with Crippen LogP contribution in [-0.4, -0.2) is 52.3 Å². The van der Waals surface area contributed by atoms with Crippen molar-refractivity contribution >= 4 is 16.9 Å². The van der Waals surface area contributed by atoms with E-state index in [0.29, 0.717) is 27.9 Å². The van der Waals surface area contributed by atoms with Gasteiger partial charge in [0, 0.05) is 36.0 Å². The number of nitrogens with two attached hydrogens (primary N) is 1. The van der Waals surface area contributed by atoms with Crippen LogP contribution in [0.15, 0.2) is 30.9 Å². The third kappa shape index (κ3) is 5.17. The molecule has 1 atom stereocenters. The molecule has 8 nitrogen and oxygen atoms in total. The van der Waals surface area contributed by atoms with E-state index in [1.165, 1.54) is 19.3 Å². The molecule has 0 aliphatic carbocycles. The molecule has 0 saturated heterocycles. The number of halogens is 3. The summed E-state index contributed by atoms with van der Waals surface area (Å²) >= 11 is 0. The van der Waals surface area contributed by atoms with E-state index in [-0.39, 0.29) is 12.3 Å². The number of amides is 1. The molecule has 162 valence electrons. The van der Waals surface area contributed by atoms with Crippen molar-refractivity contribution in [2.45, 2.75) is 18.6 Å². The number of methoxy groups -OCH3 is 1. The maximum absolute atomic E-state index is 12.4. The lowest BCUT2D eigenvalue weighted by Crippen LogP contribution is -2.51. The number of alkyl halides is 3. The number of rotatable bonds is 5. The topological polar surface area (TPSA) is 119 Å². The predicted molar refractivity (Wildman–Crippen MR) is 106 cm³/mol. The van der Waals surface area contributed by atoms with Gasteiger partial charge in [0.2, 0.25) is 5.91 Å². The van der Waals surface area contributed by atoms with E-state index in [1.54, 1.807) is 24.8 Å². The zero-order valence-electron chi connectivity index (χ0n) is 16.7. The summed E-state index contributed by atoms with van der Waals surface area (Å²) in [6.45, 7) is 0.0521. The first kappa shape index (κ1) is 22.2. The number of nitrogens with one attached hydrogen (secondary N) is 2. The summed E-state index contributed by atoms with van der Waals surface area (Å²) in [6, 6.07) is 1.81. The number of carbonyl (C=O) groups is 1. The van der Waals surface area contributed by atoms with E-state index in [1.807, 2.05) is 6.07 Å². The second-order valence-electron chi connectivity index (χ2n) is 6.85. The Bertz CT molecular complexity index is 1160. The van der Waals surface area contributed by atoms with Crippen LogP contribution in [0.25, 0.3) is 22.3 Å². The van der Waals surface area contributed by atoms with Crippen molar-refractivity contribution in [1.29, 1.82) is 0 Å². The molecule has 0 aliphatic heterocycles. The fourth-order valence-corrected chi connectivity index (χ4v) is 2.72. The van der Waals surface area contributed by atoms with Crippen molar-refractivity contribution < 1.29 is 22.7 Å². The quantitative estimate of drug-likeness (QED) is 0.530. The molecule has 3 heterocycles. The summed E-state index contributed by atoms with van der Waals surface area (Å²) in [5.74, 6) is 4.75. The lowest BCUT2D eigenvalue weighted by molar-refractivity contribution is -0.141. The minimum atomic E-state index is -4.56.